The molecular formula is C12H16O4. The summed E-state index contributed by atoms with van der Waals surface area (Å²) in [6, 6.07) is 6.03. The number of aromatic hydroxyl groups is 1. The van der Waals surface area contributed by atoms with Crippen molar-refractivity contribution < 1.29 is 20.1 Å². The molecule has 2 unspecified atom stereocenters. The molecule has 0 radical (unpaired) electrons. The average molecular weight is 224 g/mol. The van der Waals surface area contributed by atoms with E-state index in [0.29, 0.717) is 12.0 Å². The summed E-state index contributed by atoms with van der Waals surface area (Å²) in [5.74, 6) is -1.93. The average Bonchev–Trinajstić information content (AvgIpc) is 2.17. The molecule has 1 aromatic carbocycles. The molecule has 4 nitrogen and oxygen atoms in total. The summed E-state index contributed by atoms with van der Waals surface area (Å²) in [4.78, 5) is 11.0. The van der Waals surface area contributed by atoms with E-state index in [2.05, 4.69) is 0 Å². The summed E-state index contributed by atoms with van der Waals surface area (Å²) in [7, 11) is 0. The molecular weight excluding hydrogens is 208 g/mol. The minimum atomic E-state index is -1.49. The van der Waals surface area contributed by atoms with E-state index in [0.717, 1.165) is 0 Å². The van der Waals surface area contributed by atoms with Crippen LogP contribution in [0.5, 0.6) is 5.75 Å². The molecule has 1 aromatic rings. The fraction of sp³-hybridized carbons (Fsp3) is 0.417. The maximum atomic E-state index is 11.0. The minimum absolute atomic E-state index is 0.0121. The number of aliphatic carboxylic acids is 1. The Morgan fingerprint density at radius 3 is 2.56 bits per heavy atom. The lowest BCUT2D eigenvalue weighted by Crippen LogP contribution is -2.36. The van der Waals surface area contributed by atoms with Crippen LogP contribution in [0.25, 0.3) is 0 Å². The van der Waals surface area contributed by atoms with Gasteiger partial charge in [-0.25, -0.2) is 0 Å². The van der Waals surface area contributed by atoms with E-state index in [4.69, 9.17) is 5.11 Å². The smallest absolute Gasteiger partial charge is 0.309 e. The van der Waals surface area contributed by atoms with Gasteiger partial charge in [-0.2, -0.15) is 0 Å². The van der Waals surface area contributed by atoms with Crippen molar-refractivity contribution in [2.45, 2.75) is 25.9 Å². The first kappa shape index (κ1) is 12.5. The number of carboxylic acid groups (broad SMARTS) is 1. The van der Waals surface area contributed by atoms with Gasteiger partial charge in [-0.05, 0) is 31.0 Å². The molecule has 0 saturated heterocycles. The Hall–Kier alpha value is -1.55. The van der Waals surface area contributed by atoms with Crippen LogP contribution in [0.2, 0.25) is 0 Å². The normalized spacial score (nSPS) is 16.4. The molecule has 0 amide bonds. The fourth-order valence-electron chi connectivity index (χ4n) is 1.83. The van der Waals surface area contributed by atoms with Crippen molar-refractivity contribution in [3.63, 3.8) is 0 Å². The molecule has 16 heavy (non-hydrogen) atoms. The fourth-order valence-corrected chi connectivity index (χ4v) is 1.83. The van der Waals surface area contributed by atoms with Crippen LogP contribution in [-0.4, -0.2) is 21.3 Å². The zero-order valence-electron chi connectivity index (χ0n) is 9.34. The second-order valence-electron chi connectivity index (χ2n) is 4.00. The minimum Gasteiger partial charge on any atom is -0.508 e. The van der Waals surface area contributed by atoms with Gasteiger partial charge in [0.2, 0.25) is 0 Å². The quantitative estimate of drug-likeness (QED) is 0.727. The number of hydrogen-bond acceptors (Lipinski definition) is 3. The third-order valence-corrected chi connectivity index (χ3v) is 2.82. The summed E-state index contributed by atoms with van der Waals surface area (Å²) in [5.41, 5.74) is -1.08. The molecule has 0 saturated carbocycles. The molecule has 0 fully saturated rings. The van der Waals surface area contributed by atoms with Crippen LogP contribution in [0.15, 0.2) is 24.3 Å². The monoisotopic (exact) mass is 224 g/mol. The molecule has 4 heteroatoms. The number of benzene rings is 1. The van der Waals surface area contributed by atoms with Crippen LogP contribution in [0.4, 0.5) is 0 Å². The van der Waals surface area contributed by atoms with Crippen molar-refractivity contribution in [3.05, 3.63) is 29.8 Å². The first-order valence-electron chi connectivity index (χ1n) is 5.14. The highest BCUT2D eigenvalue weighted by molar-refractivity contribution is 5.71. The molecule has 0 aliphatic carbocycles. The first-order chi connectivity index (χ1) is 7.39. The molecule has 88 valence electrons. The Kier molecular flexibility index (Phi) is 3.55. The lowest BCUT2D eigenvalue weighted by molar-refractivity contribution is -0.152. The molecule has 3 N–H and O–H groups in total. The summed E-state index contributed by atoms with van der Waals surface area (Å²) in [6.45, 7) is 3.15. The number of rotatable bonds is 4. The van der Waals surface area contributed by atoms with Crippen LogP contribution in [0.1, 0.15) is 25.8 Å². The number of carbonyl (C=O) groups is 1. The first-order valence-corrected chi connectivity index (χ1v) is 5.14. The predicted octanol–water partition coefficient (Wildman–Crippen LogP) is 1.71. The van der Waals surface area contributed by atoms with Crippen LogP contribution in [-0.2, 0) is 10.4 Å². The number of phenols is 1. The topological polar surface area (TPSA) is 77.8 Å². The van der Waals surface area contributed by atoms with Crippen molar-refractivity contribution >= 4 is 5.97 Å². The molecule has 0 aliphatic rings. The third kappa shape index (κ3) is 2.33. The van der Waals surface area contributed by atoms with Gasteiger partial charge in [-0.1, -0.05) is 19.1 Å². The number of phenolic OH excluding ortho intramolecular Hbond substituents is 1. The zero-order valence-corrected chi connectivity index (χ0v) is 9.34. The van der Waals surface area contributed by atoms with Crippen molar-refractivity contribution in [3.8, 4) is 5.75 Å². The second kappa shape index (κ2) is 4.53. The van der Waals surface area contributed by atoms with E-state index in [1.54, 1.807) is 19.1 Å². The molecule has 0 heterocycles. The Morgan fingerprint density at radius 1 is 1.50 bits per heavy atom. The molecule has 0 aromatic heterocycles. The molecule has 0 spiro atoms. The van der Waals surface area contributed by atoms with Crippen LogP contribution >= 0.6 is 0 Å². The summed E-state index contributed by atoms with van der Waals surface area (Å²) in [5, 5.41) is 28.6. The van der Waals surface area contributed by atoms with Crippen molar-refractivity contribution in [2.75, 3.05) is 0 Å². The van der Waals surface area contributed by atoms with Gasteiger partial charge >= 0.3 is 5.97 Å². The largest absolute Gasteiger partial charge is 0.508 e. The lowest BCUT2D eigenvalue weighted by Gasteiger charge is -2.29. The third-order valence-electron chi connectivity index (χ3n) is 2.82. The molecule has 0 bridgehead atoms. The van der Waals surface area contributed by atoms with Crippen molar-refractivity contribution in [1.82, 2.24) is 0 Å². The van der Waals surface area contributed by atoms with Gasteiger partial charge in [0.25, 0.3) is 0 Å². The maximum Gasteiger partial charge on any atom is 0.309 e. The zero-order chi connectivity index (χ0) is 12.3. The molecule has 1 rings (SSSR count). The molecule has 2 atom stereocenters. The lowest BCUT2D eigenvalue weighted by atomic mass is 9.81. The van der Waals surface area contributed by atoms with E-state index < -0.39 is 17.5 Å². The Balaban J connectivity index is 3.13. The Morgan fingerprint density at radius 2 is 2.12 bits per heavy atom. The van der Waals surface area contributed by atoms with Crippen LogP contribution in [0.3, 0.4) is 0 Å². The van der Waals surface area contributed by atoms with Gasteiger partial charge in [-0.3, -0.25) is 4.79 Å². The highest BCUT2D eigenvalue weighted by Gasteiger charge is 2.37. The summed E-state index contributed by atoms with van der Waals surface area (Å²) in [6.07, 6.45) is 0.317. The van der Waals surface area contributed by atoms with Crippen LogP contribution in [0, 0.1) is 5.92 Å². The Labute approximate surface area is 94.2 Å². The number of hydrogen-bond donors (Lipinski definition) is 3. The van der Waals surface area contributed by atoms with Gasteiger partial charge in [0.15, 0.2) is 0 Å². The van der Waals surface area contributed by atoms with Crippen molar-refractivity contribution in [1.29, 1.82) is 0 Å². The van der Waals surface area contributed by atoms with Gasteiger partial charge in [0.05, 0.1) is 5.92 Å². The van der Waals surface area contributed by atoms with E-state index in [-0.39, 0.29) is 5.75 Å². The highest BCUT2D eigenvalue weighted by atomic mass is 16.4. The van der Waals surface area contributed by atoms with Crippen molar-refractivity contribution in [2.24, 2.45) is 5.92 Å². The molecule has 0 aliphatic heterocycles. The van der Waals surface area contributed by atoms with E-state index in [1.165, 1.54) is 19.1 Å². The summed E-state index contributed by atoms with van der Waals surface area (Å²) < 4.78 is 0. The van der Waals surface area contributed by atoms with Gasteiger partial charge < -0.3 is 15.3 Å². The Bertz CT molecular complexity index is 384. The van der Waals surface area contributed by atoms with Crippen LogP contribution < -0.4 is 0 Å². The van der Waals surface area contributed by atoms with E-state index >= 15 is 0 Å². The standard InChI is InChI=1S/C12H16O4/c1-3-10(11(14)15)12(2,16)8-5-4-6-9(13)7-8/h4-7,10,13,16H,3H2,1-2H3,(H,14,15). The predicted molar refractivity (Wildman–Crippen MR) is 59.1 cm³/mol. The highest BCUT2D eigenvalue weighted by Crippen LogP contribution is 2.33. The van der Waals surface area contributed by atoms with E-state index in [9.17, 15) is 15.0 Å². The maximum absolute atomic E-state index is 11.0. The van der Waals surface area contributed by atoms with Gasteiger partial charge in [0.1, 0.15) is 11.4 Å². The van der Waals surface area contributed by atoms with E-state index in [1.807, 2.05) is 0 Å². The second-order valence-corrected chi connectivity index (χ2v) is 4.00. The van der Waals surface area contributed by atoms with Gasteiger partial charge in [0, 0.05) is 0 Å². The number of carboxylic acids is 1. The summed E-state index contributed by atoms with van der Waals surface area (Å²) >= 11 is 0. The SMILES string of the molecule is CCC(C(=O)O)C(C)(O)c1cccc(O)c1. The van der Waals surface area contributed by atoms with Gasteiger partial charge in [-0.15, -0.1) is 0 Å². The number of aliphatic hydroxyl groups is 1.